The van der Waals surface area contributed by atoms with Gasteiger partial charge in [-0.15, -0.1) is 0 Å². The summed E-state index contributed by atoms with van der Waals surface area (Å²) in [6, 6.07) is 9.43. The summed E-state index contributed by atoms with van der Waals surface area (Å²) < 4.78 is 22.0. The number of carbonyl (C=O) groups excluding carboxylic acids is 3. The number of phenolic OH excluding ortho intramolecular Hbond substituents is 2. The van der Waals surface area contributed by atoms with Gasteiger partial charge in [0.1, 0.15) is 11.5 Å². The molecule has 3 aromatic rings. The van der Waals surface area contributed by atoms with Gasteiger partial charge in [0.25, 0.3) is 0 Å². The molecular weight excluding hydrogens is 488 g/mol. The minimum atomic E-state index is -1.80. The largest absolute Gasteiger partial charge is 0.504 e. The lowest BCUT2D eigenvalue weighted by molar-refractivity contribution is -0.136. The molecule has 188 valence electrons. The van der Waals surface area contributed by atoms with Crippen LogP contribution >= 0.6 is 0 Å². The molecule has 11 heteroatoms. The van der Waals surface area contributed by atoms with Crippen LogP contribution in [0.4, 0.5) is 0 Å². The van der Waals surface area contributed by atoms with Gasteiger partial charge in [-0.1, -0.05) is 18.2 Å². The molecule has 37 heavy (non-hydrogen) atoms. The van der Waals surface area contributed by atoms with Crippen molar-refractivity contribution in [2.24, 2.45) is 0 Å². The summed E-state index contributed by atoms with van der Waals surface area (Å²) >= 11 is 0. The van der Waals surface area contributed by atoms with Gasteiger partial charge in [-0.25, -0.2) is 4.79 Å². The number of phenols is 2. The number of hydrogen-bond acceptors (Lipinski definition) is 10. The Balaban J connectivity index is 1.83. The number of aromatic hydroxyl groups is 2. The van der Waals surface area contributed by atoms with Gasteiger partial charge in [0.05, 0.1) is 23.1 Å². The predicted molar refractivity (Wildman–Crippen MR) is 122 cm³/mol. The van der Waals surface area contributed by atoms with Gasteiger partial charge in [-0.3, -0.25) is 14.4 Å². The van der Waals surface area contributed by atoms with E-state index in [9.17, 15) is 34.5 Å². The van der Waals surface area contributed by atoms with Gasteiger partial charge in [0.15, 0.2) is 28.6 Å². The molecule has 2 aliphatic rings. The van der Waals surface area contributed by atoms with E-state index < -0.39 is 47.4 Å². The molecule has 0 saturated carbocycles. The maximum atomic E-state index is 13.2. The number of carboxylic acid groups (broad SMARTS) is 1. The van der Waals surface area contributed by atoms with E-state index >= 15 is 0 Å². The molecular formula is C26H18O11. The smallest absolute Gasteiger partial charge is 0.340 e. The second-order valence-corrected chi connectivity index (χ2v) is 8.40. The van der Waals surface area contributed by atoms with Crippen LogP contribution in [0.15, 0.2) is 42.5 Å². The number of hydrogen-bond donors (Lipinski definition) is 3. The Bertz CT molecular complexity index is 1460. The molecule has 3 N–H and O–H groups in total. The average Bonchev–Trinajstić information content (AvgIpc) is 3.09. The van der Waals surface area contributed by atoms with Crippen molar-refractivity contribution in [1.82, 2.24) is 0 Å². The summed E-state index contributed by atoms with van der Waals surface area (Å²) in [4.78, 5) is 47.8. The molecule has 0 fully saturated rings. The molecule has 0 radical (unpaired) electrons. The molecule has 0 unspecified atom stereocenters. The van der Waals surface area contributed by atoms with Gasteiger partial charge in [0, 0.05) is 31.5 Å². The van der Waals surface area contributed by atoms with Crippen molar-refractivity contribution in [2.75, 3.05) is 0 Å². The molecule has 2 aliphatic heterocycles. The summed E-state index contributed by atoms with van der Waals surface area (Å²) in [6.07, 6.45) is -0.460. The molecule has 11 nitrogen and oxygen atoms in total. The third-order valence-electron chi connectivity index (χ3n) is 5.93. The normalized spacial score (nSPS) is 14.1. The predicted octanol–water partition coefficient (Wildman–Crippen LogP) is 3.14. The van der Waals surface area contributed by atoms with Gasteiger partial charge in [-0.05, 0) is 17.7 Å². The van der Waals surface area contributed by atoms with Crippen molar-refractivity contribution in [3.63, 3.8) is 0 Å². The number of rotatable bonds is 4. The van der Waals surface area contributed by atoms with E-state index in [-0.39, 0.29) is 50.8 Å². The van der Waals surface area contributed by atoms with E-state index in [0.29, 0.717) is 0 Å². The second kappa shape index (κ2) is 8.26. The van der Waals surface area contributed by atoms with E-state index in [4.69, 9.17) is 18.9 Å². The zero-order valence-electron chi connectivity index (χ0n) is 19.4. The molecule has 0 bridgehead atoms. The summed E-state index contributed by atoms with van der Waals surface area (Å²) in [6.45, 7) is 2.29. The fourth-order valence-corrected chi connectivity index (χ4v) is 4.65. The lowest BCUT2D eigenvalue weighted by Gasteiger charge is -2.37. The fourth-order valence-electron chi connectivity index (χ4n) is 4.65. The second-order valence-electron chi connectivity index (χ2n) is 8.40. The number of fused-ring (bicyclic) bond motifs is 6. The standard InChI is InChI=1S/C26H18O11/c1-11(27)34-21-9-19-15(7-17(21)29)26(16-8-18(30)22(35-12(2)28)10-20(16)36-19)14-5-3-4-13(6-23(31)32)24(14)25(33)37-26/h3-5,7-10,29-30H,6H2,1-2H3,(H,31,32). The van der Waals surface area contributed by atoms with E-state index in [0.717, 1.165) is 13.8 Å². The molecule has 5 rings (SSSR count). The third kappa shape index (κ3) is 3.68. The summed E-state index contributed by atoms with van der Waals surface area (Å²) in [5.41, 5.74) is -1.12. The van der Waals surface area contributed by atoms with E-state index in [1.807, 2.05) is 0 Å². The van der Waals surface area contributed by atoms with Crippen LogP contribution < -0.4 is 14.2 Å². The molecule has 1 spiro atoms. The first-order chi connectivity index (χ1) is 17.5. The first kappa shape index (κ1) is 23.7. The lowest BCUT2D eigenvalue weighted by atomic mass is 9.76. The average molecular weight is 506 g/mol. The Kier molecular flexibility index (Phi) is 5.29. The summed E-state index contributed by atoms with van der Waals surface area (Å²) in [7, 11) is 0. The Morgan fingerprint density at radius 2 is 1.41 bits per heavy atom. The summed E-state index contributed by atoms with van der Waals surface area (Å²) in [5.74, 6) is -4.77. The topological polar surface area (TPSA) is 166 Å². The first-order valence-electron chi connectivity index (χ1n) is 10.9. The van der Waals surface area contributed by atoms with Gasteiger partial charge in [-0.2, -0.15) is 0 Å². The molecule has 0 atom stereocenters. The quantitative estimate of drug-likeness (QED) is 0.351. The van der Waals surface area contributed by atoms with Crippen LogP contribution in [-0.2, 0) is 31.1 Å². The minimum absolute atomic E-state index is 0.0100. The number of carboxylic acids is 1. The highest BCUT2D eigenvalue weighted by molar-refractivity contribution is 5.99. The van der Waals surface area contributed by atoms with E-state index in [1.165, 1.54) is 30.3 Å². The van der Waals surface area contributed by atoms with Crippen LogP contribution in [0, 0.1) is 0 Å². The van der Waals surface area contributed by atoms with Crippen molar-refractivity contribution < 1.29 is 53.4 Å². The van der Waals surface area contributed by atoms with Gasteiger partial charge >= 0.3 is 23.9 Å². The minimum Gasteiger partial charge on any atom is -0.504 e. The fraction of sp³-hybridized carbons (Fsp3) is 0.154. The number of ether oxygens (including phenoxy) is 4. The zero-order valence-corrected chi connectivity index (χ0v) is 19.4. The van der Waals surface area contributed by atoms with E-state index in [2.05, 4.69) is 0 Å². The van der Waals surface area contributed by atoms with Gasteiger partial charge in [0.2, 0.25) is 0 Å². The number of aliphatic carboxylic acids is 1. The first-order valence-corrected chi connectivity index (χ1v) is 10.9. The molecule has 0 aromatic heterocycles. The highest BCUT2D eigenvalue weighted by atomic mass is 16.6. The monoisotopic (exact) mass is 506 g/mol. The molecule has 3 aromatic carbocycles. The third-order valence-corrected chi connectivity index (χ3v) is 5.93. The highest BCUT2D eigenvalue weighted by Gasteiger charge is 2.55. The molecule has 0 amide bonds. The van der Waals surface area contributed by atoms with Crippen molar-refractivity contribution in [3.8, 4) is 34.5 Å². The maximum absolute atomic E-state index is 13.2. The Morgan fingerprint density at radius 1 is 0.865 bits per heavy atom. The van der Waals surface area contributed by atoms with Crippen LogP contribution in [0.1, 0.15) is 46.5 Å². The molecule has 0 aliphatic carbocycles. The van der Waals surface area contributed by atoms with Gasteiger partial charge < -0.3 is 34.3 Å². The van der Waals surface area contributed by atoms with Crippen molar-refractivity contribution in [3.05, 3.63) is 70.3 Å². The van der Waals surface area contributed by atoms with Crippen LogP contribution in [0.3, 0.4) is 0 Å². The lowest BCUT2D eigenvalue weighted by Crippen LogP contribution is -2.33. The van der Waals surface area contributed by atoms with Crippen molar-refractivity contribution in [1.29, 1.82) is 0 Å². The Morgan fingerprint density at radius 3 is 1.89 bits per heavy atom. The number of esters is 3. The van der Waals surface area contributed by atoms with Crippen LogP contribution in [0.5, 0.6) is 34.5 Å². The molecule has 2 heterocycles. The Hall–Kier alpha value is -5.06. The zero-order chi connectivity index (χ0) is 26.6. The van der Waals surface area contributed by atoms with Crippen LogP contribution in [-0.4, -0.2) is 39.2 Å². The maximum Gasteiger partial charge on any atom is 0.340 e. The Labute approximate surface area is 208 Å². The van der Waals surface area contributed by atoms with E-state index in [1.54, 1.807) is 12.1 Å². The number of benzene rings is 3. The van der Waals surface area contributed by atoms with Crippen LogP contribution in [0.2, 0.25) is 0 Å². The molecule has 0 saturated heterocycles. The van der Waals surface area contributed by atoms with Crippen molar-refractivity contribution >= 4 is 23.9 Å². The van der Waals surface area contributed by atoms with Crippen molar-refractivity contribution in [2.45, 2.75) is 25.9 Å². The highest BCUT2D eigenvalue weighted by Crippen LogP contribution is 2.59. The van der Waals surface area contributed by atoms with Crippen LogP contribution in [0.25, 0.3) is 0 Å². The number of carbonyl (C=O) groups is 4. The summed E-state index contributed by atoms with van der Waals surface area (Å²) in [5, 5.41) is 30.6. The SMILES string of the molecule is CC(=O)Oc1cc2c(cc1O)C1(OC(=O)c3c(CC(=O)O)cccc31)c1cc(O)c(OC(C)=O)cc1O2.